The average molecular weight is 413 g/mol. The van der Waals surface area contributed by atoms with Crippen LogP contribution in [0.15, 0.2) is 60.0 Å². The van der Waals surface area contributed by atoms with Crippen molar-refractivity contribution >= 4 is 29.0 Å². The molecule has 2 aromatic rings. The Labute approximate surface area is 172 Å². The minimum atomic E-state index is -0.338. The van der Waals surface area contributed by atoms with Crippen LogP contribution in [0.4, 0.5) is 9.18 Å². The number of imide groups is 1. The molecular weight excluding hydrogens is 393 g/mol. The van der Waals surface area contributed by atoms with E-state index in [1.807, 2.05) is 6.92 Å². The Kier molecular flexibility index (Phi) is 6.72. The van der Waals surface area contributed by atoms with Crippen molar-refractivity contribution in [1.82, 2.24) is 4.90 Å². The number of rotatable bonds is 8. The van der Waals surface area contributed by atoms with Crippen molar-refractivity contribution in [2.75, 3.05) is 13.2 Å². The molecule has 150 valence electrons. The molecule has 1 aliphatic rings. The lowest BCUT2D eigenvalue weighted by atomic mass is 10.1. The second-order valence-corrected chi connectivity index (χ2v) is 7.13. The number of hydrogen-bond acceptors (Lipinski definition) is 5. The van der Waals surface area contributed by atoms with Crippen LogP contribution in [0, 0.1) is 5.82 Å². The molecule has 1 heterocycles. The summed E-state index contributed by atoms with van der Waals surface area (Å²) in [7, 11) is 0. The highest BCUT2D eigenvalue weighted by molar-refractivity contribution is 8.18. The van der Waals surface area contributed by atoms with E-state index in [0.717, 1.165) is 22.2 Å². The maximum Gasteiger partial charge on any atom is 0.293 e. The molecule has 5 nitrogen and oxygen atoms in total. The third-order valence-corrected chi connectivity index (χ3v) is 4.97. The zero-order valence-electron chi connectivity index (χ0n) is 15.9. The van der Waals surface area contributed by atoms with Crippen molar-refractivity contribution in [3.05, 3.63) is 77.0 Å². The van der Waals surface area contributed by atoms with Gasteiger partial charge in [-0.15, -0.1) is 6.58 Å². The first kappa shape index (κ1) is 20.7. The van der Waals surface area contributed by atoms with E-state index in [4.69, 9.17) is 9.47 Å². The van der Waals surface area contributed by atoms with E-state index in [1.165, 1.54) is 18.2 Å². The molecule has 0 atom stereocenters. The molecule has 7 heteroatoms. The zero-order chi connectivity index (χ0) is 20.8. The van der Waals surface area contributed by atoms with Gasteiger partial charge in [0.15, 0.2) is 11.5 Å². The van der Waals surface area contributed by atoms with Crippen molar-refractivity contribution in [3.63, 3.8) is 0 Å². The highest BCUT2D eigenvalue weighted by Gasteiger charge is 2.34. The third-order valence-electron chi connectivity index (χ3n) is 4.06. The minimum absolute atomic E-state index is 0.183. The predicted molar refractivity (Wildman–Crippen MR) is 111 cm³/mol. The van der Waals surface area contributed by atoms with Crippen molar-refractivity contribution in [3.8, 4) is 11.5 Å². The van der Waals surface area contributed by atoms with E-state index >= 15 is 0 Å². The Morgan fingerprint density at radius 3 is 2.55 bits per heavy atom. The molecule has 0 aliphatic carbocycles. The van der Waals surface area contributed by atoms with E-state index in [0.29, 0.717) is 28.6 Å². The third kappa shape index (κ3) is 5.06. The molecule has 1 fully saturated rings. The van der Waals surface area contributed by atoms with Crippen LogP contribution in [0.2, 0.25) is 0 Å². The fraction of sp³-hybridized carbons (Fsp3) is 0.182. The summed E-state index contributed by atoms with van der Waals surface area (Å²) in [5.74, 6) is 0.418. The topological polar surface area (TPSA) is 55.8 Å². The molecule has 1 saturated heterocycles. The van der Waals surface area contributed by atoms with E-state index in [2.05, 4.69) is 6.58 Å². The highest BCUT2D eigenvalue weighted by Crippen LogP contribution is 2.34. The molecule has 0 bridgehead atoms. The summed E-state index contributed by atoms with van der Waals surface area (Å²) in [6.07, 6.45) is 3.17. The Balaban J connectivity index is 1.78. The molecule has 29 heavy (non-hydrogen) atoms. The van der Waals surface area contributed by atoms with Gasteiger partial charge in [0.1, 0.15) is 12.4 Å². The van der Waals surface area contributed by atoms with Crippen molar-refractivity contribution < 1.29 is 23.5 Å². The number of carbonyl (C=O) groups is 2. The minimum Gasteiger partial charge on any atom is -0.490 e. The van der Waals surface area contributed by atoms with E-state index < -0.39 is 0 Å². The standard InChI is InChI=1S/C22H20FNO4S/c1-3-11-24-21(25)20(29-22(24)26)13-16-7-10-18(19(12-16)27-4-2)28-14-15-5-8-17(23)9-6-15/h3,5-10,12-13H,1,4,11,14H2,2H3/b20-13+. The summed E-state index contributed by atoms with van der Waals surface area (Å²) in [5, 5.41) is -0.314. The summed E-state index contributed by atoms with van der Waals surface area (Å²) in [6.45, 7) is 6.31. The number of nitrogens with zero attached hydrogens (tertiary/aromatic N) is 1. The quantitative estimate of drug-likeness (QED) is 0.449. The summed E-state index contributed by atoms with van der Waals surface area (Å²) in [4.78, 5) is 25.8. The molecule has 2 amide bonds. The lowest BCUT2D eigenvalue weighted by Gasteiger charge is -2.13. The van der Waals surface area contributed by atoms with Crippen molar-refractivity contribution in [1.29, 1.82) is 0 Å². The first-order chi connectivity index (χ1) is 14.0. The fourth-order valence-electron chi connectivity index (χ4n) is 2.68. The van der Waals surface area contributed by atoms with Crippen LogP contribution in [0.25, 0.3) is 6.08 Å². The van der Waals surface area contributed by atoms with Crippen molar-refractivity contribution in [2.24, 2.45) is 0 Å². The van der Waals surface area contributed by atoms with Gasteiger partial charge in [0.25, 0.3) is 11.1 Å². The molecule has 0 radical (unpaired) electrons. The molecule has 0 unspecified atom stereocenters. The second-order valence-electron chi connectivity index (χ2n) is 6.14. The van der Waals surface area contributed by atoms with Gasteiger partial charge in [0, 0.05) is 6.54 Å². The van der Waals surface area contributed by atoms with Gasteiger partial charge in [-0.2, -0.15) is 0 Å². The fourth-order valence-corrected chi connectivity index (χ4v) is 3.53. The molecule has 0 aromatic heterocycles. The molecule has 3 rings (SSSR count). The molecule has 0 N–H and O–H groups in total. The average Bonchev–Trinajstić information content (AvgIpc) is 2.97. The number of carbonyl (C=O) groups excluding carboxylic acids is 2. The van der Waals surface area contributed by atoms with Crippen LogP contribution < -0.4 is 9.47 Å². The number of halogens is 1. The lowest BCUT2D eigenvalue weighted by molar-refractivity contribution is -0.122. The van der Waals surface area contributed by atoms with Crippen LogP contribution in [0.3, 0.4) is 0 Å². The van der Waals surface area contributed by atoms with Gasteiger partial charge in [-0.1, -0.05) is 24.3 Å². The lowest BCUT2D eigenvalue weighted by Crippen LogP contribution is -2.27. The van der Waals surface area contributed by atoms with Crippen molar-refractivity contribution in [2.45, 2.75) is 13.5 Å². The molecular formula is C22H20FNO4S. The first-order valence-electron chi connectivity index (χ1n) is 9.02. The number of amides is 2. The van der Waals surface area contributed by atoms with E-state index in [1.54, 1.807) is 36.4 Å². The number of hydrogen-bond donors (Lipinski definition) is 0. The van der Waals surface area contributed by atoms with E-state index in [-0.39, 0.29) is 30.1 Å². The number of thioether (sulfide) groups is 1. The molecule has 2 aromatic carbocycles. The Bertz CT molecular complexity index is 956. The van der Waals surface area contributed by atoms with E-state index in [9.17, 15) is 14.0 Å². The number of ether oxygens (including phenoxy) is 2. The predicted octanol–water partition coefficient (Wildman–Crippen LogP) is 5.03. The molecule has 0 saturated carbocycles. The van der Waals surface area contributed by atoms with Crippen LogP contribution >= 0.6 is 11.8 Å². The number of benzene rings is 2. The van der Waals surface area contributed by atoms with Crippen LogP contribution in [0.1, 0.15) is 18.1 Å². The maximum atomic E-state index is 13.0. The summed E-state index contributed by atoms with van der Waals surface area (Å²) in [6, 6.07) is 11.4. The Hall–Kier alpha value is -3.06. The van der Waals surface area contributed by atoms with Gasteiger partial charge < -0.3 is 9.47 Å². The van der Waals surface area contributed by atoms with Gasteiger partial charge >= 0.3 is 0 Å². The van der Waals surface area contributed by atoms with Gasteiger partial charge in [-0.25, -0.2) is 4.39 Å². The molecule has 0 spiro atoms. The van der Waals surface area contributed by atoms with Gasteiger partial charge in [-0.3, -0.25) is 14.5 Å². The SMILES string of the molecule is C=CCN1C(=O)S/C(=C/c2ccc(OCc3ccc(F)cc3)c(OCC)c2)C1=O. The maximum absolute atomic E-state index is 13.0. The first-order valence-corrected chi connectivity index (χ1v) is 9.83. The highest BCUT2D eigenvalue weighted by atomic mass is 32.2. The largest absolute Gasteiger partial charge is 0.490 e. The van der Waals surface area contributed by atoms with Crippen LogP contribution in [-0.2, 0) is 11.4 Å². The summed E-state index contributed by atoms with van der Waals surface area (Å²) in [5.41, 5.74) is 1.54. The van der Waals surface area contributed by atoms with Gasteiger partial charge in [0.2, 0.25) is 0 Å². The van der Waals surface area contributed by atoms with Gasteiger partial charge in [-0.05, 0) is 60.2 Å². The summed E-state index contributed by atoms with van der Waals surface area (Å²) >= 11 is 0.897. The monoisotopic (exact) mass is 413 g/mol. The normalized spacial score (nSPS) is 15.1. The van der Waals surface area contributed by atoms with Crippen LogP contribution in [0.5, 0.6) is 11.5 Å². The van der Waals surface area contributed by atoms with Crippen LogP contribution in [-0.4, -0.2) is 29.2 Å². The zero-order valence-corrected chi connectivity index (χ0v) is 16.7. The smallest absolute Gasteiger partial charge is 0.293 e. The van der Waals surface area contributed by atoms with Gasteiger partial charge in [0.05, 0.1) is 11.5 Å². The Morgan fingerprint density at radius 1 is 1.10 bits per heavy atom. The second kappa shape index (κ2) is 9.43. The Morgan fingerprint density at radius 2 is 1.86 bits per heavy atom. The molecule has 1 aliphatic heterocycles. The summed E-state index contributed by atoms with van der Waals surface area (Å²) < 4.78 is 24.5.